The second-order valence-corrected chi connectivity index (χ2v) is 7.20. The fourth-order valence-corrected chi connectivity index (χ4v) is 3.97. The fourth-order valence-electron chi connectivity index (χ4n) is 3.13. The van der Waals surface area contributed by atoms with Crippen LogP contribution >= 0.6 is 35.3 Å². The van der Waals surface area contributed by atoms with Gasteiger partial charge in [0.25, 0.3) is 0 Å². The van der Waals surface area contributed by atoms with Crippen molar-refractivity contribution in [3.63, 3.8) is 0 Å². The lowest BCUT2D eigenvalue weighted by Crippen LogP contribution is -2.44. The maximum Gasteiger partial charge on any atom is 0.191 e. The van der Waals surface area contributed by atoms with Gasteiger partial charge in [-0.25, -0.2) is 0 Å². The molecule has 2 aromatic rings. The van der Waals surface area contributed by atoms with Gasteiger partial charge in [-0.15, -0.1) is 35.3 Å². The third kappa shape index (κ3) is 5.03. The van der Waals surface area contributed by atoms with Crippen molar-refractivity contribution in [1.82, 2.24) is 10.6 Å². The highest BCUT2D eigenvalue weighted by molar-refractivity contribution is 14.0. The lowest BCUT2D eigenvalue weighted by molar-refractivity contribution is 0.415. The van der Waals surface area contributed by atoms with E-state index in [1.54, 1.807) is 18.4 Å². The molecule has 5 nitrogen and oxygen atoms in total. The number of aryl methyl sites for hydroxylation is 1. The fraction of sp³-hybridized carbons (Fsp3) is 0.421. The Morgan fingerprint density at radius 2 is 2.15 bits per heavy atom. The highest BCUT2D eigenvalue weighted by atomic mass is 127. The molecule has 0 amide bonds. The van der Waals surface area contributed by atoms with E-state index in [4.69, 9.17) is 4.74 Å². The second-order valence-electron chi connectivity index (χ2n) is 6.20. The van der Waals surface area contributed by atoms with Gasteiger partial charge in [0, 0.05) is 31.1 Å². The van der Waals surface area contributed by atoms with Crippen LogP contribution in [0.5, 0.6) is 5.75 Å². The Morgan fingerprint density at radius 3 is 2.85 bits per heavy atom. The second kappa shape index (κ2) is 10.0. The Kier molecular flexibility index (Phi) is 8.02. The minimum absolute atomic E-state index is 0. The third-order valence-corrected chi connectivity index (χ3v) is 5.59. The lowest BCUT2D eigenvalue weighted by Gasteiger charge is -2.22. The van der Waals surface area contributed by atoms with Crippen molar-refractivity contribution < 1.29 is 4.74 Å². The van der Waals surface area contributed by atoms with Gasteiger partial charge in [0.1, 0.15) is 5.75 Å². The molecule has 2 N–H and O–H groups in total. The molecule has 1 fully saturated rings. The zero-order valence-electron chi connectivity index (χ0n) is 15.5. The van der Waals surface area contributed by atoms with Crippen LogP contribution in [-0.2, 0) is 6.54 Å². The van der Waals surface area contributed by atoms with E-state index in [1.807, 2.05) is 19.2 Å². The number of methoxy groups -OCH3 is 1. The number of hydrogen-bond donors (Lipinski definition) is 2. The normalized spacial score (nSPS) is 17.0. The maximum absolute atomic E-state index is 5.49. The predicted molar refractivity (Wildman–Crippen MR) is 121 cm³/mol. The van der Waals surface area contributed by atoms with Gasteiger partial charge >= 0.3 is 0 Å². The van der Waals surface area contributed by atoms with Crippen molar-refractivity contribution in [3.8, 4) is 5.75 Å². The number of para-hydroxylation sites is 2. The van der Waals surface area contributed by atoms with Gasteiger partial charge in [-0.05, 0) is 42.5 Å². The molecule has 1 saturated heterocycles. The minimum Gasteiger partial charge on any atom is -0.495 e. The molecular formula is C19H27IN4OS. The molecule has 1 aliphatic rings. The average Bonchev–Trinajstić information content (AvgIpc) is 3.27. The number of thiophene rings is 1. The van der Waals surface area contributed by atoms with Gasteiger partial charge in [0.2, 0.25) is 0 Å². The van der Waals surface area contributed by atoms with Crippen LogP contribution < -0.4 is 20.3 Å². The Morgan fingerprint density at radius 1 is 1.35 bits per heavy atom. The molecule has 2 heterocycles. The first kappa shape index (κ1) is 20.8. The van der Waals surface area contributed by atoms with Crippen LogP contribution in [-0.4, -0.2) is 39.2 Å². The van der Waals surface area contributed by atoms with Crippen LogP contribution in [0, 0.1) is 6.92 Å². The number of ether oxygens (including phenoxy) is 1. The zero-order valence-corrected chi connectivity index (χ0v) is 18.6. The Bertz CT molecular complexity index is 734. The predicted octanol–water partition coefficient (Wildman–Crippen LogP) is 3.63. The first-order chi connectivity index (χ1) is 12.2. The molecule has 0 spiro atoms. The standard InChI is InChI=1S/C19H26N4OS.HI/c1-14-9-11-25-18(14)12-21-19(20-2)22-15-8-10-23(13-15)16-6-4-5-7-17(16)24-3;/h4-7,9,11,15H,8,10,12-13H2,1-3H3,(H2,20,21,22);1H. The number of hydrogen-bond acceptors (Lipinski definition) is 4. The molecule has 0 bridgehead atoms. The number of guanidine groups is 1. The van der Waals surface area contributed by atoms with E-state index in [0.29, 0.717) is 6.04 Å². The quantitative estimate of drug-likeness (QED) is 0.385. The topological polar surface area (TPSA) is 48.9 Å². The Labute approximate surface area is 176 Å². The number of nitrogens with one attached hydrogen (secondary N) is 2. The molecule has 1 unspecified atom stereocenters. The monoisotopic (exact) mass is 486 g/mol. The summed E-state index contributed by atoms with van der Waals surface area (Å²) >= 11 is 1.78. The van der Waals surface area contributed by atoms with Crippen molar-refractivity contribution in [2.45, 2.75) is 25.9 Å². The highest BCUT2D eigenvalue weighted by Crippen LogP contribution is 2.30. The number of halogens is 1. The molecule has 0 radical (unpaired) electrons. The molecule has 0 saturated carbocycles. The van der Waals surface area contributed by atoms with E-state index < -0.39 is 0 Å². The summed E-state index contributed by atoms with van der Waals surface area (Å²) in [7, 11) is 3.55. The molecule has 3 rings (SSSR count). The summed E-state index contributed by atoms with van der Waals surface area (Å²) < 4.78 is 5.49. The van der Waals surface area contributed by atoms with Crippen LogP contribution in [0.15, 0.2) is 40.7 Å². The third-order valence-electron chi connectivity index (χ3n) is 4.56. The number of rotatable bonds is 5. The first-order valence-electron chi connectivity index (χ1n) is 8.59. The zero-order chi connectivity index (χ0) is 17.6. The molecule has 0 aliphatic carbocycles. The first-order valence-corrected chi connectivity index (χ1v) is 9.47. The van der Waals surface area contributed by atoms with Crippen molar-refractivity contribution in [2.24, 2.45) is 4.99 Å². The summed E-state index contributed by atoms with van der Waals surface area (Å²) in [5.41, 5.74) is 2.49. The van der Waals surface area contributed by atoms with Crippen LogP contribution in [0.1, 0.15) is 16.9 Å². The minimum atomic E-state index is 0. The largest absolute Gasteiger partial charge is 0.495 e. The van der Waals surface area contributed by atoms with Crippen molar-refractivity contribution >= 4 is 47.0 Å². The molecule has 1 aromatic heterocycles. The van der Waals surface area contributed by atoms with Gasteiger partial charge in [-0.3, -0.25) is 4.99 Å². The molecule has 1 aromatic carbocycles. The Hall–Kier alpha value is -1.48. The van der Waals surface area contributed by atoms with Gasteiger partial charge in [-0.2, -0.15) is 0 Å². The summed E-state index contributed by atoms with van der Waals surface area (Å²) in [4.78, 5) is 8.09. The average molecular weight is 486 g/mol. The van der Waals surface area contributed by atoms with Crippen LogP contribution in [0.25, 0.3) is 0 Å². The summed E-state index contributed by atoms with van der Waals surface area (Å²) in [6.45, 7) is 4.91. The number of nitrogens with zero attached hydrogens (tertiary/aromatic N) is 2. The maximum atomic E-state index is 5.49. The summed E-state index contributed by atoms with van der Waals surface area (Å²) in [5, 5.41) is 9.10. The SMILES string of the molecule is CN=C(NCc1sccc1C)NC1CCN(c2ccccc2OC)C1.I. The summed E-state index contributed by atoms with van der Waals surface area (Å²) in [6.07, 6.45) is 1.08. The van der Waals surface area contributed by atoms with Gasteiger partial charge in [-0.1, -0.05) is 12.1 Å². The summed E-state index contributed by atoms with van der Waals surface area (Å²) in [5.74, 6) is 1.79. The smallest absolute Gasteiger partial charge is 0.191 e. The van der Waals surface area contributed by atoms with Crippen LogP contribution in [0.4, 0.5) is 5.69 Å². The Balaban J connectivity index is 0.00000243. The van der Waals surface area contributed by atoms with Crippen molar-refractivity contribution in [3.05, 3.63) is 46.2 Å². The van der Waals surface area contributed by atoms with Gasteiger partial charge in [0.15, 0.2) is 5.96 Å². The van der Waals surface area contributed by atoms with Gasteiger partial charge < -0.3 is 20.3 Å². The molecule has 26 heavy (non-hydrogen) atoms. The van der Waals surface area contributed by atoms with Crippen molar-refractivity contribution in [2.75, 3.05) is 32.1 Å². The van der Waals surface area contributed by atoms with Crippen molar-refractivity contribution in [1.29, 1.82) is 0 Å². The molecule has 1 atom stereocenters. The van der Waals surface area contributed by atoms with E-state index in [-0.39, 0.29) is 24.0 Å². The van der Waals surface area contributed by atoms with E-state index in [2.05, 4.69) is 51.0 Å². The van der Waals surface area contributed by atoms with E-state index in [0.717, 1.165) is 43.5 Å². The molecular weight excluding hydrogens is 459 g/mol. The van der Waals surface area contributed by atoms with Gasteiger partial charge in [0.05, 0.1) is 19.3 Å². The van der Waals surface area contributed by atoms with E-state index >= 15 is 0 Å². The van der Waals surface area contributed by atoms with Crippen LogP contribution in [0.2, 0.25) is 0 Å². The molecule has 142 valence electrons. The number of anilines is 1. The number of aliphatic imine (C=N–C) groups is 1. The summed E-state index contributed by atoms with van der Waals surface area (Å²) in [6, 6.07) is 10.7. The molecule has 7 heteroatoms. The van der Waals surface area contributed by atoms with E-state index in [9.17, 15) is 0 Å². The number of benzene rings is 1. The highest BCUT2D eigenvalue weighted by Gasteiger charge is 2.25. The molecule has 1 aliphatic heterocycles. The lowest BCUT2D eigenvalue weighted by atomic mass is 10.2. The van der Waals surface area contributed by atoms with E-state index in [1.165, 1.54) is 10.4 Å². The van der Waals surface area contributed by atoms with Crippen LogP contribution in [0.3, 0.4) is 0 Å².